The van der Waals surface area contributed by atoms with Gasteiger partial charge in [0.1, 0.15) is 5.82 Å². The Bertz CT molecular complexity index is 1240. The van der Waals surface area contributed by atoms with Gasteiger partial charge < -0.3 is 15.2 Å². The zero-order chi connectivity index (χ0) is 22.5. The summed E-state index contributed by atoms with van der Waals surface area (Å²) >= 11 is 0. The van der Waals surface area contributed by atoms with Crippen LogP contribution in [0.4, 0.5) is 11.4 Å². The number of aryl methyl sites for hydroxylation is 1. The molecule has 0 atom stereocenters. The molecule has 1 heterocycles. The molecule has 32 heavy (non-hydrogen) atoms. The maximum Gasteiger partial charge on any atom is 0.255 e. The van der Waals surface area contributed by atoms with Crippen LogP contribution >= 0.6 is 0 Å². The topological polar surface area (TPSA) is 76.0 Å². The molecule has 0 aliphatic rings. The summed E-state index contributed by atoms with van der Waals surface area (Å²) < 4.78 is 2.22. The molecule has 0 saturated heterocycles. The van der Waals surface area contributed by atoms with Crippen LogP contribution in [0.2, 0.25) is 0 Å². The van der Waals surface area contributed by atoms with Crippen molar-refractivity contribution in [3.05, 3.63) is 78.4 Å². The van der Waals surface area contributed by atoms with Gasteiger partial charge in [0.15, 0.2) is 0 Å². The monoisotopic (exact) mass is 426 g/mol. The van der Waals surface area contributed by atoms with Crippen molar-refractivity contribution in [2.45, 2.75) is 33.2 Å². The third-order valence-electron chi connectivity index (χ3n) is 5.24. The summed E-state index contributed by atoms with van der Waals surface area (Å²) in [6, 6.07) is 22.7. The highest BCUT2D eigenvalue weighted by Gasteiger charge is 2.14. The number of nitrogens with zero attached hydrogens (tertiary/aromatic N) is 2. The molecule has 4 aromatic rings. The van der Waals surface area contributed by atoms with E-state index in [0.29, 0.717) is 11.3 Å². The molecule has 2 amide bonds. The van der Waals surface area contributed by atoms with Crippen molar-refractivity contribution in [1.29, 1.82) is 0 Å². The normalized spacial score (nSPS) is 10.8. The van der Waals surface area contributed by atoms with Gasteiger partial charge in [-0.15, -0.1) is 0 Å². The number of unbranched alkanes of at least 4 members (excludes halogenated alkanes) is 1. The first-order valence-corrected chi connectivity index (χ1v) is 10.8. The number of amides is 2. The van der Waals surface area contributed by atoms with Gasteiger partial charge in [-0.25, -0.2) is 4.98 Å². The van der Waals surface area contributed by atoms with Gasteiger partial charge in [-0.2, -0.15) is 0 Å². The molecule has 1 aromatic heterocycles. The van der Waals surface area contributed by atoms with Crippen LogP contribution in [0.15, 0.2) is 72.8 Å². The fourth-order valence-electron chi connectivity index (χ4n) is 3.67. The van der Waals surface area contributed by atoms with Gasteiger partial charge in [0, 0.05) is 36.0 Å². The second kappa shape index (κ2) is 9.47. The lowest BCUT2D eigenvalue weighted by molar-refractivity contribution is -0.114. The van der Waals surface area contributed by atoms with Gasteiger partial charge in [0.2, 0.25) is 5.91 Å². The average Bonchev–Trinajstić information content (AvgIpc) is 3.16. The standard InChI is InChI=1S/C26H26N4O2/c1-3-4-16-30-24-15-14-22(28-26(32)20-8-6-5-7-9-20)17-23(24)29-25(30)19-10-12-21(13-11-19)27-18(2)31/h5-15,17H,3-4,16H2,1-2H3,(H,27,31)(H,28,32). The molecule has 0 unspecified atom stereocenters. The summed E-state index contributed by atoms with van der Waals surface area (Å²) in [7, 11) is 0. The van der Waals surface area contributed by atoms with Crippen LogP contribution < -0.4 is 10.6 Å². The van der Waals surface area contributed by atoms with Crippen molar-refractivity contribution < 1.29 is 9.59 Å². The highest BCUT2D eigenvalue weighted by Crippen LogP contribution is 2.28. The summed E-state index contributed by atoms with van der Waals surface area (Å²) in [5, 5.41) is 5.75. The van der Waals surface area contributed by atoms with Crippen LogP contribution in [-0.2, 0) is 11.3 Å². The predicted octanol–water partition coefficient (Wildman–Crippen LogP) is 5.71. The lowest BCUT2D eigenvalue weighted by Gasteiger charge is -2.10. The SMILES string of the molecule is CCCCn1c(-c2ccc(NC(C)=O)cc2)nc2cc(NC(=O)c3ccccc3)ccc21. The third kappa shape index (κ3) is 4.70. The smallest absolute Gasteiger partial charge is 0.255 e. The van der Waals surface area contributed by atoms with E-state index in [1.54, 1.807) is 12.1 Å². The Hall–Kier alpha value is -3.93. The van der Waals surface area contributed by atoms with Crippen molar-refractivity contribution in [1.82, 2.24) is 9.55 Å². The number of benzene rings is 3. The molecule has 0 fully saturated rings. The van der Waals surface area contributed by atoms with Crippen molar-refractivity contribution >= 4 is 34.2 Å². The van der Waals surface area contributed by atoms with Gasteiger partial charge in [-0.1, -0.05) is 31.5 Å². The van der Waals surface area contributed by atoms with Crippen LogP contribution in [0.1, 0.15) is 37.0 Å². The zero-order valence-electron chi connectivity index (χ0n) is 18.3. The molecule has 2 N–H and O–H groups in total. The molecule has 3 aromatic carbocycles. The molecule has 4 rings (SSSR count). The second-order valence-corrected chi connectivity index (χ2v) is 7.72. The maximum absolute atomic E-state index is 12.5. The van der Waals surface area contributed by atoms with Gasteiger partial charge in [0.25, 0.3) is 5.91 Å². The summed E-state index contributed by atoms with van der Waals surface area (Å²) in [5.74, 6) is 0.622. The molecule has 0 aliphatic carbocycles. The number of carbonyl (C=O) groups excluding carboxylic acids is 2. The minimum atomic E-state index is -0.149. The van der Waals surface area contributed by atoms with Crippen molar-refractivity contribution in [2.24, 2.45) is 0 Å². The molecule has 162 valence electrons. The highest BCUT2D eigenvalue weighted by molar-refractivity contribution is 6.05. The van der Waals surface area contributed by atoms with Gasteiger partial charge >= 0.3 is 0 Å². The number of aromatic nitrogens is 2. The number of imidazole rings is 1. The van der Waals surface area contributed by atoms with E-state index in [0.717, 1.165) is 47.5 Å². The highest BCUT2D eigenvalue weighted by atomic mass is 16.2. The Morgan fingerprint density at radius 3 is 2.31 bits per heavy atom. The van der Waals surface area contributed by atoms with Crippen LogP contribution in [0, 0.1) is 0 Å². The van der Waals surface area contributed by atoms with E-state index in [1.807, 2.05) is 60.7 Å². The molecule has 0 aliphatic heterocycles. The summed E-state index contributed by atoms with van der Waals surface area (Å²) in [6.07, 6.45) is 2.11. The van der Waals surface area contributed by atoms with Crippen molar-refractivity contribution in [3.8, 4) is 11.4 Å². The van der Waals surface area contributed by atoms with E-state index in [9.17, 15) is 9.59 Å². The maximum atomic E-state index is 12.5. The number of hydrogen-bond acceptors (Lipinski definition) is 3. The summed E-state index contributed by atoms with van der Waals surface area (Å²) in [4.78, 5) is 28.7. The lowest BCUT2D eigenvalue weighted by Crippen LogP contribution is -2.11. The summed E-state index contributed by atoms with van der Waals surface area (Å²) in [6.45, 7) is 4.51. The van der Waals surface area contributed by atoms with Gasteiger partial charge in [-0.05, 0) is 61.0 Å². The minimum absolute atomic E-state index is 0.0991. The van der Waals surface area contributed by atoms with E-state index in [-0.39, 0.29) is 11.8 Å². The second-order valence-electron chi connectivity index (χ2n) is 7.72. The van der Waals surface area contributed by atoms with Crippen molar-refractivity contribution in [3.63, 3.8) is 0 Å². The summed E-state index contributed by atoms with van der Waals surface area (Å²) in [5.41, 5.74) is 4.90. The van der Waals surface area contributed by atoms with Gasteiger partial charge in [0.05, 0.1) is 11.0 Å². The number of nitrogens with one attached hydrogen (secondary N) is 2. The minimum Gasteiger partial charge on any atom is -0.326 e. The molecule has 0 bridgehead atoms. The molecule has 0 radical (unpaired) electrons. The van der Waals surface area contributed by atoms with E-state index >= 15 is 0 Å². The lowest BCUT2D eigenvalue weighted by atomic mass is 10.2. The fraction of sp³-hybridized carbons (Fsp3) is 0.192. The Balaban J connectivity index is 1.67. The third-order valence-corrected chi connectivity index (χ3v) is 5.24. The Labute approximate surface area is 187 Å². The number of hydrogen-bond donors (Lipinski definition) is 2. The first-order valence-electron chi connectivity index (χ1n) is 10.8. The molecular formula is C26H26N4O2. The number of rotatable bonds is 7. The first kappa shape index (κ1) is 21.3. The van der Waals surface area contributed by atoms with E-state index < -0.39 is 0 Å². The largest absolute Gasteiger partial charge is 0.326 e. The fourth-order valence-corrected chi connectivity index (χ4v) is 3.67. The Morgan fingerprint density at radius 1 is 0.906 bits per heavy atom. The number of fused-ring (bicyclic) bond motifs is 1. The molecular weight excluding hydrogens is 400 g/mol. The zero-order valence-corrected chi connectivity index (χ0v) is 18.3. The van der Waals surface area contributed by atoms with Gasteiger partial charge in [-0.3, -0.25) is 9.59 Å². The molecule has 6 heteroatoms. The Morgan fingerprint density at radius 2 is 1.62 bits per heavy atom. The average molecular weight is 427 g/mol. The van der Waals surface area contributed by atoms with Crippen LogP contribution in [0.25, 0.3) is 22.4 Å². The molecule has 0 spiro atoms. The molecule has 0 saturated carbocycles. The van der Waals surface area contributed by atoms with Crippen LogP contribution in [-0.4, -0.2) is 21.4 Å². The number of carbonyl (C=O) groups is 2. The Kier molecular flexibility index (Phi) is 6.31. The van der Waals surface area contributed by atoms with E-state index in [1.165, 1.54) is 6.92 Å². The first-order chi connectivity index (χ1) is 15.5. The van der Waals surface area contributed by atoms with E-state index in [4.69, 9.17) is 4.98 Å². The molecule has 6 nitrogen and oxygen atoms in total. The van der Waals surface area contributed by atoms with Crippen molar-refractivity contribution in [2.75, 3.05) is 10.6 Å². The predicted molar refractivity (Wildman–Crippen MR) is 129 cm³/mol. The van der Waals surface area contributed by atoms with E-state index in [2.05, 4.69) is 22.1 Å². The quantitative estimate of drug-likeness (QED) is 0.397. The van der Waals surface area contributed by atoms with Crippen LogP contribution in [0.3, 0.4) is 0 Å². The van der Waals surface area contributed by atoms with Crippen LogP contribution in [0.5, 0.6) is 0 Å². The number of anilines is 2.